The lowest BCUT2D eigenvalue weighted by molar-refractivity contribution is -0.158. The van der Waals surface area contributed by atoms with Crippen molar-refractivity contribution in [3.8, 4) is 0 Å². The minimum absolute atomic E-state index is 0.272. The van der Waals surface area contributed by atoms with E-state index in [4.69, 9.17) is 0 Å². The molecule has 0 aliphatic heterocycles. The van der Waals surface area contributed by atoms with Gasteiger partial charge in [-0.1, -0.05) is 24.3 Å². The summed E-state index contributed by atoms with van der Waals surface area (Å²) in [6, 6.07) is 0. The van der Waals surface area contributed by atoms with Crippen LogP contribution in [0.25, 0.3) is 0 Å². The van der Waals surface area contributed by atoms with Gasteiger partial charge in [-0.2, -0.15) is 0 Å². The molecule has 4 aliphatic carbocycles. The van der Waals surface area contributed by atoms with Crippen LogP contribution in [-0.4, -0.2) is 32.1 Å². The molecule has 0 amide bonds. The number of nitrogens with zero attached hydrogens (tertiary/aromatic N) is 3. The normalized spacial score (nSPS) is 45.6. The highest BCUT2D eigenvalue weighted by molar-refractivity contribution is 5.15. The lowest BCUT2D eigenvalue weighted by atomic mass is 9.48. The van der Waals surface area contributed by atoms with Crippen molar-refractivity contribution in [2.45, 2.75) is 83.3 Å². The van der Waals surface area contributed by atoms with E-state index >= 15 is 0 Å². The largest absolute Gasteiger partial charge is 0.384 e. The van der Waals surface area contributed by atoms with Crippen molar-refractivity contribution in [3.63, 3.8) is 0 Å². The molecule has 4 fully saturated rings. The number of aliphatic hydroxyl groups is 1. The first-order valence-electron chi connectivity index (χ1n) is 11.8. The Kier molecular flexibility index (Phi) is 5.07. The van der Waals surface area contributed by atoms with Crippen LogP contribution in [0.3, 0.4) is 0 Å². The van der Waals surface area contributed by atoms with E-state index in [9.17, 15) is 13.9 Å². The highest BCUT2D eigenvalue weighted by atomic mass is 19.3. The van der Waals surface area contributed by atoms with Crippen LogP contribution in [-0.2, 0) is 6.54 Å². The third-order valence-corrected chi connectivity index (χ3v) is 9.78. The van der Waals surface area contributed by atoms with Crippen LogP contribution < -0.4 is 0 Å². The van der Waals surface area contributed by atoms with Gasteiger partial charge in [-0.25, -0.2) is 13.5 Å². The Morgan fingerprint density at radius 1 is 1.13 bits per heavy atom. The molecule has 1 heterocycles. The van der Waals surface area contributed by atoms with Gasteiger partial charge >= 0.3 is 0 Å². The Hall–Kier alpha value is -1.30. The monoisotopic (exact) mass is 419 g/mol. The summed E-state index contributed by atoms with van der Waals surface area (Å²) in [7, 11) is 0. The van der Waals surface area contributed by atoms with Crippen molar-refractivity contribution >= 4 is 0 Å². The molecule has 1 N–H and O–H groups in total. The van der Waals surface area contributed by atoms with Gasteiger partial charge in [0.25, 0.3) is 6.43 Å². The number of halogens is 2. The van der Waals surface area contributed by atoms with Crippen LogP contribution in [0, 0.1) is 40.9 Å². The zero-order valence-electron chi connectivity index (χ0n) is 18.0. The summed E-state index contributed by atoms with van der Waals surface area (Å²) in [5, 5.41) is 18.4. The molecule has 30 heavy (non-hydrogen) atoms. The Morgan fingerprint density at radius 2 is 1.93 bits per heavy atom. The summed E-state index contributed by atoms with van der Waals surface area (Å²) < 4.78 is 28.7. The third kappa shape index (κ3) is 3.16. The fraction of sp³-hybridized carbons (Fsp3) is 0.833. The number of hydrogen-bond acceptors (Lipinski definition) is 3. The van der Waals surface area contributed by atoms with Gasteiger partial charge < -0.3 is 5.11 Å². The third-order valence-electron chi connectivity index (χ3n) is 9.78. The number of allylic oxidation sites excluding steroid dienone is 1. The predicted molar refractivity (Wildman–Crippen MR) is 111 cm³/mol. The predicted octanol–water partition coefficient (Wildman–Crippen LogP) is 5.10. The van der Waals surface area contributed by atoms with E-state index in [1.54, 1.807) is 6.20 Å². The molecular weight excluding hydrogens is 384 g/mol. The Bertz CT molecular complexity index is 783. The summed E-state index contributed by atoms with van der Waals surface area (Å²) in [5.74, 6) is 3.43. The fourth-order valence-electron chi connectivity index (χ4n) is 8.41. The quantitative estimate of drug-likeness (QED) is 0.691. The molecule has 8 atom stereocenters. The molecule has 4 nitrogen and oxygen atoms in total. The number of alkyl halides is 2. The van der Waals surface area contributed by atoms with Gasteiger partial charge in [0, 0.05) is 6.20 Å². The highest BCUT2D eigenvalue weighted by Crippen LogP contribution is 2.65. The molecule has 166 valence electrons. The summed E-state index contributed by atoms with van der Waals surface area (Å²) >= 11 is 0. The molecule has 0 spiro atoms. The molecule has 0 aromatic carbocycles. The van der Waals surface area contributed by atoms with E-state index in [-0.39, 0.29) is 12.3 Å². The van der Waals surface area contributed by atoms with Gasteiger partial charge in [0.15, 0.2) is 0 Å². The molecule has 0 radical (unpaired) electrons. The molecule has 6 heteroatoms. The van der Waals surface area contributed by atoms with E-state index in [0.29, 0.717) is 41.4 Å². The summed E-state index contributed by atoms with van der Waals surface area (Å²) in [6.45, 7) is 7.70. The molecule has 4 aliphatic rings. The van der Waals surface area contributed by atoms with Gasteiger partial charge in [0.2, 0.25) is 0 Å². The molecule has 1 aromatic heterocycles. The molecule has 0 unspecified atom stereocenters. The Balaban J connectivity index is 1.30. The van der Waals surface area contributed by atoms with Gasteiger partial charge in [-0.15, -0.1) is 5.10 Å². The average Bonchev–Trinajstić information content (AvgIpc) is 3.34. The first kappa shape index (κ1) is 20.6. The zero-order valence-corrected chi connectivity index (χ0v) is 18.0. The molecule has 1 aromatic rings. The first-order chi connectivity index (χ1) is 14.3. The maximum absolute atomic E-state index is 13.4. The van der Waals surface area contributed by atoms with Crippen LogP contribution in [0.1, 0.15) is 64.7 Å². The number of hydrogen-bond donors (Lipinski definition) is 1. The lowest BCUT2D eigenvalue weighted by Gasteiger charge is -2.57. The molecular formula is C24H35F2N3O. The Morgan fingerprint density at radius 3 is 2.67 bits per heavy atom. The number of aromatic nitrogens is 3. The van der Waals surface area contributed by atoms with E-state index in [1.165, 1.54) is 31.3 Å². The Labute approximate surface area is 178 Å². The van der Waals surface area contributed by atoms with Gasteiger partial charge in [-0.3, -0.25) is 0 Å². The van der Waals surface area contributed by atoms with Gasteiger partial charge in [-0.05, 0) is 98.7 Å². The van der Waals surface area contributed by atoms with Crippen LogP contribution in [0.2, 0.25) is 0 Å². The van der Waals surface area contributed by atoms with Crippen LogP contribution >= 0.6 is 0 Å². The van der Waals surface area contributed by atoms with Crippen molar-refractivity contribution in [3.05, 3.63) is 24.5 Å². The maximum Gasteiger partial charge on any atom is 0.266 e. The van der Waals surface area contributed by atoms with Gasteiger partial charge in [0.05, 0.1) is 12.7 Å². The van der Waals surface area contributed by atoms with Crippen molar-refractivity contribution in [2.75, 3.05) is 0 Å². The number of fused-ring (bicyclic) bond motifs is 5. The van der Waals surface area contributed by atoms with Crippen molar-refractivity contribution in [1.29, 1.82) is 0 Å². The van der Waals surface area contributed by atoms with Crippen molar-refractivity contribution in [1.82, 2.24) is 15.0 Å². The van der Waals surface area contributed by atoms with E-state index in [2.05, 4.69) is 23.8 Å². The smallest absolute Gasteiger partial charge is 0.266 e. The zero-order chi connectivity index (χ0) is 21.1. The fourth-order valence-corrected chi connectivity index (χ4v) is 8.41. The second-order valence-electron chi connectivity index (χ2n) is 11.0. The van der Waals surface area contributed by atoms with Crippen LogP contribution in [0.5, 0.6) is 0 Å². The van der Waals surface area contributed by atoms with Crippen LogP contribution in [0.15, 0.2) is 24.5 Å². The molecule has 0 saturated heterocycles. The van der Waals surface area contributed by atoms with E-state index < -0.39 is 12.0 Å². The second-order valence-corrected chi connectivity index (χ2v) is 11.0. The minimum atomic E-state index is -2.61. The highest BCUT2D eigenvalue weighted by Gasteiger charge is 2.58. The summed E-state index contributed by atoms with van der Waals surface area (Å²) in [6.07, 6.45) is 9.40. The lowest BCUT2D eigenvalue weighted by Crippen LogP contribution is -2.52. The summed E-state index contributed by atoms with van der Waals surface area (Å²) in [4.78, 5) is 0. The van der Waals surface area contributed by atoms with E-state index in [1.807, 2.05) is 10.9 Å². The van der Waals surface area contributed by atoms with E-state index in [0.717, 1.165) is 25.8 Å². The van der Waals surface area contributed by atoms with Gasteiger partial charge in [0.1, 0.15) is 5.60 Å². The molecule has 5 rings (SSSR count). The average molecular weight is 420 g/mol. The SMILES string of the molecule is C=C(Cn1ccnn1)[C@H]1CC[C@H]2[C@@H]3CC[C@@H]4C[C@@](O)(C(F)F)CC[C@@H]4[C@H]3CC[C@]12C. The first-order valence-corrected chi connectivity index (χ1v) is 11.8. The number of rotatable bonds is 4. The van der Waals surface area contributed by atoms with Crippen molar-refractivity contribution < 1.29 is 13.9 Å². The molecule has 0 bridgehead atoms. The topological polar surface area (TPSA) is 50.9 Å². The molecule has 4 saturated carbocycles. The van der Waals surface area contributed by atoms with Crippen LogP contribution in [0.4, 0.5) is 8.78 Å². The second kappa shape index (κ2) is 7.39. The maximum atomic E-state index is 13.4. The summed E-state index contributed by atoms with van der Waals surface area (Å²) in [5.41, 5.74) is -0.170. The standard InChI is InChI=1S/C24H35F2N3O/c1-15(14-29-12-11-27-28-29)20-5-6-21-19-4-3-16-13-24(30,22(25)26)10-8-17(16)18(19)7-9-23(20,21)2/h11-12,16-22,30H,1,3-10,13-14H2,2H3/t16-,17+,18-,19-,20-,21+,23-,24-/m1/s1. The van der Waals surface area contributed by atoms with Crippen molar-refractivity contribution in [2.24, 2.45) is 40.9 Å². The minimum Gasteiger partial charge on any atom is -0.384 e.